The maximum Gasteiger partial charge on any atom is 0.339 e. The van der Waals surface area contributed by atoms with Crippen LogP contribution < -0.4 is 4.74 Å². The number of carbonyl (C=O) groups is 2. The Morgan fingerprint density at radius 3 is 2.42 bits per heavy atom. The standard InChI is InChI=1S/C15H12O4/c1-10-2-7-13(15(17)18)14(8-10)19-12-5-3-11(9-16)4-6-12/h2-9H,1H3,(H,17,18). The van der Waals surface area contributed by atoms with E-state index in [1.807, 2.05) is 6.92 Å². The van der Waals surface area contributed by atoms with Crippen LogP contribution in [-0.2, 0) is 0 Å². The number of carboxylic acids is 1. The van der Waals surface area contributed by atoms with Crippen LogP contribution in [-0.4, -0.2) is 17.4 Å². The second-order valence-electron chi connectivity index (χ2n) is 4.09. The first kappa shape index (κ1) is 12.8. The van der Waals surface area contributed by atoms with Gasteiger partial charge >= 0.3 is 5.97 Å². The molecule has 0 unspecified atom stereocenters. The summed E-state index contributed by atoms with van der Waals surface area (Å²) in [6.45, 7) is 1.86. The van der Waals surface area contributed by atoms with Gasteiger partial charge in [0.05, 0.1) is 0 Å². The van der Waals surface area contributed by atoms with E-state index in [1.54, 1.807) is 36.4 Å². The van der Waals surface area contributed by atoms with Gasteiger partial charge < -0.3 is 9.84 Å². The van der Waals surface area contributed by atoms with Crippen LogP contribution in [0.3, 0.4) is 0 Å². The maximum absolute atomic E-state index is 11.1. The Bertz CT molecular complexity index is 615. The summed E-state index contributed by atoms with van der Waals surface area (Å²) in [5, 5.41) is 9.09. The van der Waals surface area contributed by atoms with Crippen molar-refractivity contribution < 1.29 is 19.4 Å². The number of benzene rings is 2. The lowest BCUT2D eigenvalue weighted by atomic mass is 10.1. The lowest BCUT2D eigenvalue weighted by Crippen LogP contribution is -2.00. The van der Waals surface area contributed by atoms with Gasteiger partial charge in [0.25, 0.3) is 0 Å². The molecule has 0 aliphatic rings. The SMILES string of the molecule is Cc1ccc(C(=O)O)c(Oc2ccc(C=O)cc2)c1. The van der Waals surface area contributed by atoms with Gasteiger partial charge in [0.15, 0.2) is 0 Å². The highest BCUT2D eigenvalue weighted by molar-refractivity contribution is 5.91. The van der Waals surface area contributed by atoms with E-state index in [0.29, 0.717) is 11.3 Å². The molecular formula is C15H12O4. The van der Waals surface area contributed by atoms with Crippen LogP contribution in [0.1, 0.15) is 26.3 Å². The first-order valence-electron chi connectivity index (χ1n) is 5.67. The summed E-state index contributed by atoms with van der Waals surface area (Å²) < 4.78 is 5.55. The molecular weight excluding hydrogens is 244 g/mol. The van der Waals surface area contributed by atoms with Crippen molar-refractivity contribution in [1.29, 1.82) is 0 Å². The fraction of sp³-hybridized carbons (Fsp3) is 0.0667. The van der Waals surface area contributed by atoms with E-state index >= 15 is 0 Å². The first-order chi connectivity index (χ1) is 9.10. The Kier molecular flexibility index (Phi) is 3.61. The van der Waals surface area contributed by atoms with Crippen LogP contribution in [0.2, 0.25) is 0 Å². The summed E-state index contributed by atoms with van der Waals surface area (Å²) in [4.78, 5) is 21.6. The van der Waals surface area contributed by atoms with Crippen LogP contribution in [0.25, 0.3) is 0 Å². The van der Waals surface area contributed by atoms with Gasteiger partial charge in [-0.25, -0.2) is 4.79 Å². The van der Waals surface area contributed by atoms with Gasteiger partial charge in [0.1, 0.15) is 23.3 Å². The second kappa shape index (κ2) is 5.35. The normalized spacial score (nSPS) is 9.95. The molecule has 4 heteroatoms. The molecule has 2 aromatic rings. The van der Waals surface area contributed by atoms with Crippen molar-refractivity contribution in [3.05, 3.63) is 59.2 Å². The molecule has 19 heavy (non-hydrogen) atoms. The van der Waals surface area contributed by atoms with Gasteiger partial charge in [-0.05, 0) is 48.9 Å². The van der Waals surface area contributed by atoms with E-state index in [-0.39, 0.29) is 11.3 Å². The van der Waals surface area contributed by atoms with Gasteiger partial charge in [0, 0.05) is 5.56 Å². The van der Waals surface area contributed by atoms with Crippen LogP contribution in [0, 0.1) is 6.92 Å². The molecule has 0 saturated carbocycles. The highest BCUT2D eigenvalue weighted by atomic mass is 16.5. The number of carbonyl (C=O) groups excluding carboxylic acids is 1. The van der Waals surface area contributed by atoms with Crippen molar-refractivity contribution in [2.24, 2.45) is 0 Å². The van der Waals surface area contributed by atoms with Crippen molar-refractivity contribution in [2.45, 2.75) is 6.92 Å². The largest absolute Gasteiger partial charge is 0.478 e. The molecule has 4 nitrogen and oxygen atoms in total. The summed E-state index contributed by atoms with van der Waals surface area (Å²) in [5.74, 6) is -0.274. The van der Waals surface area contributed by atoms with E-state index in [2.05, 4.69) is 0 Å². The predicted molar refractivity (Wildman–Crippen MR) is 70.0 cm³/mol. The van der Waals surface area contributed by atoms with Gasteiger partial charge in [-0.15, -0.1) is 0 Å². The number of aromatic carboxylic acids is 1. The van der Waals surface area contributed by atoms with Crippen molar-refractivity contribution in [3.63, 3.8) is 0 Å². The van der Waals surface area contributed by atoms with Crippen LogP contribution >= 0.6 is 0 Å². The van der Waals surface area contributed by atoms with Crippen LogP contribution in [0.5, 0.6) is 11.5 Å². The first-order valence-corrected chi connectivity index (χ1v) is 5.67. The highest BCUT2D eigenvalue weighted by Crippen LogP contribution is 2.26. The van der Waals surface area contributed by atoms with Crippen LogP contribution in [0.15, 0.2) is 42.5 Å². The minimum atomic E-state index is -1.04. The maximum atomic E-state index is 11.1. The van der Waals surface area contributed by atoms with Gasteiger partial charge in [0.2, 0.25) is 0 Å². The van der Waals surface area contributed by atoms with E-state index < -0.39 is 5.97 Å². The van der Waals surface area contributed by atoms with Crippen molar-refractivity contribution in [2.75, 3.05) is 0 Å². The van der Waals surface area contributed by atoms with Gasteiger partial charge in [-0.3, -0.25) is 4.79 Å². The van der Waals surface area contributed by atoms with E-state index in [9.17, 15) is 9.59 Å². The lowest BCUT2D eigenvalue weighted by molar-refractivity contribution is 0.0694. The molecule has 0 radical (unpaired) electrons. The van der Waals surface area contributed by atoms with Crippen molar-refractivity contribution >= 4 is 12.3 Å². The predicted octanol–water partition coefficient (Wildman–Crippen LogP) is 3.30. The molecule has 0 amide bonds. The summed E-state index contributed by atoms with van der Waals surface area (Å²) in [6.07, 6.45) is 0.735. The molecule has 1 N–H and O–H groups in total. The fourth-order valence-electron chi connectivity index (χ4n) is 1.63. The van der Waals surface area contributed by atoms with Crippen molar-refractivity contribution in [3.8, 4) is 11.5 Å². The molecule has 2 aromatic carbocycles. The number of hydrogen-bond donors (Lipinski definition) is 1. The zero-order chi connectivity index (χ0) is 13.8. The monoisotopic (exact) mass is 256 g/mol. The summed E-state index contributed by atoms with van der Waals surface area (Å²) in [5.41, 5.74) is 1.55. The zero-order valence-electron chi connectivity index (χ0n) is 10.3. The average Bonchev–Trinajstić information content (AvgIpc) is 2.39. The Morgan fingerprint density at radius 1 is 1.16 bits per heavy atom. The molecule has 96 valence electrons. The number of ether oxygens (including phenoxy) is 1. The molecule has 0 aliphatic carbocycles. The Labute approximate surface area is 110 Å². The Morgan fingerprint density at radius 2 is 1.84 bits per heavy atom. The summed E-state index contributed by atoms with van der Waals surface area (Å²) in [6, 6.07) is 11.3. The molecule has 0 heterocycles. The summed E-state index contributed by atoms with van der Waals surface area (Å²) in [7, 11) is 0. The molecule has 0 spiro atoms. The molecule has 0 aromatic heterocycles. The quantitative estimate of drug-likeness (QED) is 0.852. The summed E-state index contributed by atoms with van der Waals surface area (Å²) >= 11 is 0. The smallest absolute Gasteiger partial charge is 0.339 e. The molecule has 0 saturated heterocycles. The molecule has 2 rings (SSSR count). The van der Waals surface area contributed by atoms with Gasteiger partial charge in [-0.2, -0.15) is 0 Å². The van der Waals surface area contributed by atoms with Gasteiger partial charge in [-0.1, -0.05) is 6.07 Å². The Balaban J connectivity index is 2.33. The number of aryl methyl sites for hydroxylation is 1. The van der Waals surface area contributed by atoms with E-state index in [1.165, 1.54) is 6.07 Å². The minimum Gasteiger partial charge on any atom is -0.478 e. The molecule has 0 fully saturated rings. The fourth-order valence-corrected chi connectivity index (χ4v) is 1.63. The second-order valence-corrected chi connectivity index (χ2v) is 4.09. The zero-order valence-corrected chi connectivity index (χ0v) is 10.3. The average molecular weight is 256 g/mol. The van der Waals surface area contributed by atoms with E-state index in [0.717, 1.165) is 11.8 Å². The third kappa shape index (κ3) is 2.98. The minimum absolute atomic E-state index is 0.102. The number of carboxylic acid groups (broad SMARTS) is 1. The lowest BCUT2D eigenvalue weighted by Gasteiger charge is -2.09. The van der Waals surface area contributed by atoms with Crippen LogP contribution in [0.4, 0.5) is 0 Å². The Hall–Kier alpha value is -2.62. The van der Waals surface area contributed by atoms with Crippen molar-refractivity contribution in [1.82, 2.24) is 0 Å². The molecule has 0 aliphatic heterocycles. The number of rotatable bonds is 4. The third-order valence-corrected chi connectivity index (χ3v) is 2.61. The third-order valence-electron chi connectivity index (χ3n) is 2.61. The molecule has 0 atom stereocenters. The number of aldehydes is 1. The highest BCUT2D eigenvalue weighted by Gasteiger charge is 2.12. The van der Waals surface area contributed by atoms with E-state index in [4.69, 9.17) is 9.84 Å². The molecule has 0 bridgehead atoms. The topological polar surface area (TPSA) is 63.6 Å². The number of hydrogen-bond acceptors (Lipinski definition) is 3.